The average molecular weight is 834 g/mol. The second kappa shape index (κ2) is 26.6. The van der Waals surface area contributed by atoms with Crippen molar-refractivity contribution < 1.29 is 60.9 Å². The van der Waals surface area contributed by atoms with E-state index in [2.05, 4.69) is 26.6 Å². The van der Waals surface area contributed by atoms with Gasteiger partial charge in [-0.3, -0.25) is 28.5 Å². The number of hydrogen-bond donors (Lipinski definition) is 5. The third kappa shape index (κ3) is 23.2. The molecule has 0 spiro atoms. The summed E-state index contributed by atoms with van der Waals surface area (Å²) in [7, 11) is 4.79. The smallest absolute Gasteiger partial charge is 0.422 e. The quantitative estimate of drug-likeness (QED) is 0.0346. The summed E-state index contributed by atoms with van der Waals surface area (Å²) in [5, 5.41) is 13.2. The lowest BCUT2D eigenvalue weighted by atomic mass is 10.0. The fraction of sp³-hybridized carbons (Fsp3) is 0.692. The first-order valence-electron chi connectivity index (χ1n) is 19.4. The van der Waals surface area contributed by atoms with Crippen molar-refractivity contribution in [2.45, 2.75) is 96.5 Å². The van der Waals surface area contributed by atoms with E-state index in [9.17, 15) is 41.9 Å². The molecule has 5 N–H and O–H groups in total. The van der Waals surface area contributed by atoms with Crippen LogP contribution < -0.4 is 31.1 Å². The number of carbonyl (C=O) groups excluding carboxylic acids is 6. The lowest BCUT2D eigenvalue weighted by molar-refractivity contribution is -0.159. The SMILES string of the molecule is CC(=O)NCCCCC(NC(=O)C(CCCCNC(=O)c1ccc([N+](C)(C)C)c(C(F)(F)F)c1)NC(=O)CCOCCOCCOCCNC=O)C(=O)OC(C)(C)C. The van der Waals surface area contributed by atoms with Crippen LogP contribution in [0.1, 0.15) is 88.6 Å². The molecule has 0 heterocycles. The molecule has 0 radical (unpaired) electrons. The number of ether oxygens (including phenoxy) is 4. The first kappa shape index (κ1) is 51.7. The van der Waals surface area contributed by atoms with Crippen LogP contribution in [0, 0.1) is 0 Å². The van der Waals surface area contributed by atoms with E-state index in [-0.39, 0.29) is 67.3 Å². The van der Waals surface area contributed by atoms with Gasteiger partial charge in [-0.05, 0) is 71.4 Å². The fourth-order valence-corrected chi connectivity index (χ4v) is 5.33. The first-order valence-corrected chi connectivity index (χ1v) is 19.4. The van der Waals surface area contributed by atoms with Crippen LogP contribution in [-0.4, -0.2) is 134 Å². The Morgan fingerprint density at radius 3 is 1.88 bits per heavy atom. The highest BCUT2D eigenvalue weighted by molar-refractivity contribution is 5.95. The Hall–Kier alpha value is -4.33. The zero-order valence-corrected chi connectivity index (χ0v) is 34.9. The minimum atomic E-state index is -4.67. The number of halogens is 3. The van der Waals surface area contributed by atoms with Gasteiger partial charge in [0.05, 0.1) is 60.8 Å². The number of esters is 1. The van der Waals surface area contributed by atoms with E-state index in [4.69, 9.17) is 18.9 Å². The molecule has 16 nitrogen and oxygen atoms in total. The van der Waals surface area contributed by atoms with Crippen LogP contribution >= 0.6 is 0 Å². The van der Waals surface area contributed by atoms with Crippen molar-refractivity contribution >= 4 is 41.7 Å². The van der Waals surface area contributed by atoms with Crippen LogP contribution in [0.5, 0.6) is 0 Å². The number of unbranched alkanes of at least 4 members (excludes halogenated alkanes) is 2. The van der Waals surface area contributed by atoms with Crippen LogP contribution in [-0.2, 0) is 49.1 Å². The van der Waals surface area contributed by atoms with Gasteiger partial charge < -0.3 is 45.5 Å². The van der Waals surface area contributed by atoms with E-state index in [1.54, 1.807) is 41.9 Å². The average Bonchev–Trinajstić information content (AvgIpc) is 3.12. The number of quaternary nitrogens is 1. The Morgan fingerprint density at radius 1 is 0.759 bits per heavy atom. The normalized spacial score (nSPS) is 12.9. The van der Waals surface area contributed by atoms with Crippen molar-refractivity contribution in [3.05, 3.63) is 29.3 Å². The topological polar surface area (TPSA) is 199 Å². The van der Waals surface area contributed by atoms with E-state index in [1.807, 2.05) is 0 Å². The predicted molar refractivity (Wildman–Crippen MR) is 211 cm³/mol. The van der Waals surface area contributed by atoms with Gasteiger partial charge in [-0.25, -0.2) is 4.79 Å². The van der Waals surface area contributed by atoms with E-state index in [0.717, 1.165) is 6.07 Å². The number of carbonyl (C=O) groups is 6. The number of amides is 5. The largest absolute Gasteiger partial charge is 0.458 e. The second-order valence-corrected chi connectivity index (χ2v) is 15.3. The molecule has 58 heavy (non-hydrogen) atoms. The van der Waals surface area contributed by atoms with Crippen molar-refractivity contribution in [1.29, 1.82) is 0 Å². The van der Waals surface area contributed by atoms with Crippen molar-refractivity contribution in [3.8, 4) is 0 Å². The Balaban J connectivity index is 2.90. The molecular formula is C39H64F3N6O10+. The minimum absolute atomic E-state index is 0.00861. The van der Waals surface area contributed by atoms with Gasteiger partial charge >= 0.3 is 12.1 Å². The van der Waals surface area contributed by atoms with Crippen molar-refractivity contribution in [1.82, 2.24) is 31.1 Å². The molecule has 0 aliphatic rings. The fourth-order valence-electron chi connectivity index (χ4n) is 5.33. The summed E-state index contributed by atoms with van der Waals surface area (Å²) in [6, 6.07) is 1.32. The highest BCUT2D eigenvalue weighted by Crippen LogP contribution is 2.38. The lowest BCUT2D eigenvalue weighted by Crippen LogP contribution is -2.52. The van der Waals surface area contributed by atoms with Crippen LogP contribution in [0.15, 0.2) is 18.2 Å². The van der Waals surface area contributed by atoms with Crippen molar-refractivity contribution in [2.24, 2.45) is 0 Å². The van der Waals surface area contributed by atoms with Gasteiger partial charge in [0.1, 0.15) is 28.9 Å². The van der Waals surface area contributed by atoms with E-state index in [0.29, 0.717) is 65.0 Å². The molecule has 1 rings (SSSR count). The number of nitrogens with zero attached hydrogens (tertiary/aromatic N) is 1. The summed E-state index contributed by atoms with van der Waals surface area (Å²) < 4.78 is 63.1. The van der Waals surface area contributed by atoms with Crippen LogP contribution in [0.2, 0.25) is 0 Å². The van der Waals surface area contributed by atoms with E-state index in [1.165, 1.54) is 19.1 Å². The summed E-state index contributed by atoms with van der Waals surface area (Å²) in [5.41, 5.74) is -1.89. The van der Waals surface area contributed by atoms with Gasteiger partial charge in [-0.2, -0.15) is 13.2 Å². The Kier molecular flexibility index (Phi) is 23.7. The maximum Gasteiger partial charge on any atom is 0.422 e. The second-order valence-electron chi connectivity index (χ2n) is 15.3. The molecule has 5 amide bonds. The standard InChI is InChI=1S/C39H63F3N6O10/c1-28(50)44-17-10-9-13-32(37(54)58-38(2,3)4)47-36(53)31(46-34(51)16-20-55-22-24-57-25-23-56-21-19-43-27-49)12-8-11-18-45-35(52)29-14-15-33(48(5,6)7)30(26-29)39(40,41)42/h14-15,26-27,31-32H,8-13,16-25H2,1-7H3,(H4-,43,44,45,46,47,49,50,51,52,53)/p+1. The minimum Gasteiger partial charge on any atom is -0.458 e. The van der Waals surface area contributed by atoms with Gasteiger partial charge in [0, 0.05) is 44.6 Å². The number of benzene rings is 1. The molecule has 19 heteroatoms. The van der Waals surface area contributed by atoms with Crippen LogP contribution in [0.4, 0.5) is 18.9 Å². The third-order valence-corrected chi connectivity index (χ3v) is 8.14. The van der Waals surface area contributed by atoms with Gasteiger partial charge in [0.2, 0.25) is 24.1 Å². The van der Waals surface area contributed by atoms with Gasteiger partial charge in [0.25, 0.3) is 5.91 Å². The Bertz CT molecular complexity index is 1450. The molecule has 1 aromatic carbocycles. The van der Waals surface area contributed by atoms with Crippen LogP contribution in [0.3, 0.4) is 0 Å². The Morgan fingerprint density at radius 2 is 1.33 bits per heavy atom. The molecule has 0 aliphatic carbocycles. The van der Waals surface area contributed by atoms with E-state index < -0.39 is 53.1 Å². The number of alkyl halides is 3. The van der Waals surface area contributed by atoms with Crippen molar-refractivity contribution in [2.75, 3.05) is 80.4 Å². The maximum atomic E-state index is 13.8. The van der Waals surface area contributed by atoms with E-state index >= 15 is 0 Å². The molecule has 0 aromatic heterocycles. The zero-order valence-electron chi connectivity index (χ0n) is 34.9. The lowest BCUT2D eigenvalue weighted by Gasteiger charge is -2.27. The summed E-state index contributed by atoms with van der Waals surface area (Å²) in [5.74, 6) is -2.67. The molecular weight excluding hydrogens is 769 g/mol. The molecule has 2 unspecified atom stereocenters. The molecule has 0 fully saturated rings. The highest BCUT2D eigenvalue weighted by atomic mass is 19.4. The number of rotatable bonds is 29. The predicted octanol–water partition coefficient (Wildman–Crippen LogP) is 2.61. The summed E-state index contributed by atoms with van der Waals surface area (Å²) >= 11 is 0. The molecule has 0 saturated carbocycles. The van der Waals surface area contributed by atoms with Gasteiger partial charge in [-0.1, -0.05) is 0 Å². The summed E-state index contributed by atoms with van der Waals surface area (Å²) in [4.78, 5) is 74.0. The summed E-state index contributed by atoms with van der Waals surface area (Å²) in [6.07, 6.45) is -2.22. The van der Waals surface area contributed by atoms with Gasteiger partial charge in [-0.15, -0.1) is 0 Å². The van der Waals surface area contributed by atoms with Crippen molar-refractivity contribution in [3.63, 3.8) is 0 Å². The number of nitrogens with one attached hydrogen (secondary N) is 5. The third-order valence-electron chi connectivity index (χ3n) is 8.14. The Labute approximate surface area is 339 Å². The monoisotopic (exact) mass is 833 g/mol. The molecule has 2 atom stereocenters. The highest BCUT2D eigenvalue weighted by Gasteiger charge is 2.39. The summed E-state index contributed by atoms with van der Waals surface area (Å²) in [6.45, 7) is 8.81. The molecule has 330 valence electrons. The molecule has 0 bridgehead atoms. The zero-order chi connectivity index (χ0) is 43.8. The van der Waals surface area contributed by atoms with Crippen LogP contribution in [0.25, 0.3) is 0 Å². The molecule has 0 saturated heterocycles. The number of hydrogen-bond acceptors (Lipinski definition) is 10. The maximum absolute atomic E-state index is 13.8. The molecule has 0 aliphatic heterocycles. The first-order chi connectivity index (χ1) is 27.2. The molecule has 1 aromatic rings. The van der Waals surface area contributed by atoms with Gasteiger partial charge in [0.15, 0.2) is 0 Å².